The first-order valence-corrected chi connectivity index (χ1v) is 7.83. The second-order valence-corrected chi connectivity index (χ2v) is 5.59. The molecule has 104 valence electrons. The minimum Gasteiger partial charge on any atom is -0.493 e. The van der Waals surface area contributed by atoms with Gasteiger partial charge in [0, 0.05) is 17.0 Å². The molecule has 1 aromatic carbocycles. The van der Waals surface area contributed by atoms with Crippen molar-refractivity contribution < 1.29 is 4.74 Å². The van der Waals surface area contributed by atoms with Crippen molar-refractivity contribution in [1.29, 1.82) is 0 Å². The Labute approximate surface area is 122 Å². The van der Waals surface area contributed by atoms with Gasteiger partial charge in [0.2, 0.25) is 0 Å². The standard InChI is InChI=1S/C16H18N2OS/c1-3-16-17-12(11-20-16)10-18-9-8-13-14(18)6-5-7-15(13)19-4-2/h5-9,11H,3-4,10H2,1-2H3. The van der Waals surface area contributed by atoms with Gasteiger partial charge in [-0.1, -0.05) is 13.0 Å². The van der Waals surface area contributed by atoms with Crippen molar-refractivity contribution in [2.45, 2.75) is 26.8 Å². The number of hydrogen-bond donors (Lipinski definition) is 0. The van der Waals surface area contributed by atoms with Crippen LogP contribution in [0.25, 0.3) is 10.9 Å². The van der Waals surface area contributed by atoms with Crippen molar-refractivity contribution in [3.05, 3.63) is 46.5 Å². The van der Waals surface area contributed by atoms with E-state index in [2.05, 4.69) is 40.2 Å². The summed E-state index contributed by atoms with van der Waals surface area (Å²) < 4.78 is 7.91. The van der Waals surface area contributed by atoms with Crippen molar-refractivity contribution in [2.75, 3.05) is 6.61 Å². The molecule has 0 fully saturated rings. The van der Waals surface area contributed by atoms with Crippen molar-refractivity contribution in [1.82, 2.24) is 9.55 Å². The number of benzene rings is 1. The molecule has 0 saturated heterocycles. The molecule has 4 heteroatoms. The highest BCUT2D eigenvalue weighted by Crippen LogP contribution is 2.27. The Morgan fingerprint density at radius 2 is 2.15 bits per heavy atom. The van der Waals surface area contributed by atoms with E-state index in [0.717, 1.165) is 24.4 Å². The lowest BCUT2D eigenvalue weighted by Gasteiger charge is -2.06. The summed E-state index contributed by atoms with van der Waals surface area (Å²) in [5, 5.41) is 4.52. The molecule has 0 spiro atoms. The zero-order valence-corrected chi connectivity index (χ0v) is 12.6. The summed E-state index contributed by atoms with van der Waals surface area (Å²) in [6, 6.07) is 8.31. The summed E-state index contributed by atoms with van der Waals surface area (Å²) in [5.41, 5.74) is 2.33. The number of ether oxygens (including phenoxy) is 1. The third kappa shape index (κ3) is 2.43. The molecular formula is C16H18N2OS. The number of aryl methyl sites for hydroxylation is 1. The number of aromatic nitrogens is 2. The Balaban J connectivity index is 1.94. The molecule has 0 saturated carbocycles. The van der Waals surface area contributed by atoms with Crippen LogP contribution < -0.4 is 4.74 Å². The van der Waals surface area contributed by atoms with Crippen molar-refractivity contribution in [2.24, 2.45) is 0 Å². The van der Waals surface area contributed by atoms with Crippen LogP contribution in [0.1, 0.15) is 24.5 Å². The lowest BCUT2D eigenvalue weighted by Crippen LogP contribution is -1.99. The molecule has 0 atom stereocenters. The van der Waals surface area contributed by atoms with Crippen molar-refractivity contribution in [3.63, 3.8) is 0 Å². The minimum atomic E-state index is 0.691. The Morgan fingerprint density at radius 3 is 2.90 bits per heavy atom. The lowest BCUT2D eigenvalue weighted by atomic mass is 10.2. The monoisotopic (exact) mass is 286 g/mol. The first kappa shape index (κ1) is 13.2. The molecule has 0 bridgehead atoms. The van der Waals surface area contributed by atoms with E-state index in [-0.39, 0.29) is 0 Å². The van der Waals surface area contributed by atoms with Crippen LogP contribution in [0.3, 0.4) is 0 Å². The van der Waals surface area contributed by atoms with Crippen molar-refractivity contribution in [3.8, 4) is 5.75 Å². The predicted molar refractivity (Wildman–Crippen MR) is 83.7 cm³/mol. The van der Waals surface area contributed by atoms with E-state index >= 15 is 0 Å². The fourth-order valence-electron chi connectivity index (χ4n) is 2.37. The highest BCUT2D eigenvalue weighted by molar-refractivity contribution is 7.09. The lowest BCUT2D eigenvalue weighted by molar-refractivity contribution is 0.344. The van der Waals surface area contributed by atoms with Gasteiger partial charge < -0.3 is 9.30 Å². The Kier molecular flexibility index (Phi) is 3.74. The summed E-state index contributed by atoms with van der Waals surface area (Å²) in [5.74, 6) is 0.955. The van der Waals surface area contributed by atoms with E-state index in [4.69, 9.17) is 4.74 Å². The Bertz CT molecular complexity index is 714. The van der Waals surface area contributed by atoms with Gasteiger partial charge in [-0.05, 0) is 31.5 Å². The number of hydrogen-bond acceptors (Lipinski definition) is 3. The van der Waals surface area contributed by atoms with Gasteiger partial charge in [-0.2, -0.15) is 0 Å². The van der Waals surface area contributed by atoms with Gasteiger partial charge in [0.05, 0.1) is 29.4 Å². The third-order valence-corrected chi connectivity index (χ3v) is 4.35. The van der Waals surface area contributed by atoms with E-state index in [1.807, 2.05) is 19.1 Å². The molecule has 2 aromatic heterocycles. The number of rotatable bonds is 5. The van der Waals surface area contributed by atoms with Crippen LogP contribution in [0.2, 0.25) is 0 Å². The Hall–Kier alpha value is -1.81. The largest absolute Gasteiger partial charge is 0.493 e. The SMILES string of the molecule is CCOc1cccc2c1ccn2Cc1csc(CC)n1. The van der Waals surface area contributed by atoms with Gasteiger partial charge >= 0.3 is 0 Å². The highest BCUT2D eigenvalue weighted by atomic mass is 32.1. The number of nitrogens with zero attached hydrogens (tertiary/aromatic N) is 2. The van der Waals surface area contributed by atoms with Gasteiger partial charge in [-0.15, -0.1) is 11.3 Å². The van der Waals surface area contributed by atoms with E-state index in [1.54, 1.807) is 11.3 Å². The topological polar surface area (TPSA) is 27.1 Å². The molecule has 0 aliphatic carbocycles. The highest BCUT2D eigenvalue weighted by Gasteiger charge is 2.08. The van der Waals surface area contributed by atoms with Crippen LogP contribution in [-0.2, 0) is 13.0 Å². The van der Waals surface area contributed by atoms with Gasteiger partial charge in [0.15, 0.2) is 0 Å². The van der Waals surface area contributed by atoms with Crippen molar-refractivity contribution >= 4 is 22.2 Å². The Morgan fingerprint density at radius 1 is 1.25 bits per heavy atom. The average molecular weight is 286 g/mol. The molecular weight excluding hydrogens is 268 g/mol. The second-order valence-electron chi connectivity index (χ2n) is 4.65. The van der Waals surface area contributed by atoms with Gasteiger partial charge in [0.1, 0.15) is 5.75 Å². The molecule has 3 rings (SSSR count). The van der Waals surface area contributed by atoms with Gasteiger partial charge in [0.25, 0.3) is 0 Å². The molecule has 2 heterocycles. The molecule has 3 nitrogen and oxygen atoms in total. The van der Waals surface area contributed by atoms with Crippen LogP contribution >= 0.6 is 11.3 Å². The van der Waals surface area contributed by atoms with Gasteiger partial charge in [-0.3, -0.25) is 0 Å². The first-order valence-electron chi connectivity index (χ1n) is 6.95. The zero-order valence-electron chi connectivity index (χ0n) is 11.8. The normalized spacial score (nSPS) is 11.1. The summed E-state index contributed by atoms with van der Waals surface area (Å²) in [4.78, 5) is 4.64. The quantitative estimate of drug-likeness (QED) is 0.706. The maximum absolute atomic E-state index is 5.68. The maximum Gasteiger partial charge on any atom is 0.128 e. The molecule has 0 radical (unpaired) electrons. The summed E-state index contributed by atoms with van der Waals surface area (Å²) in [7, 11) is 0. The predicted octanol–water partition coefficient (Wildman–Crippen LogP) is 4.11. The van der Waals surface area contributed by atoms with Crippen LogP contribution in [-0.4, -0.2) is 16.2 Å². The smallest absolute Gasteiger partial charge is 0.128 e. The van der Waals surface area contributed by atoms with E-state index in [9.17, 15) is 0 Å². The van der Waals surface area contributed by atoms with Crippen LogP contribution in [0, 0.1) is 0 Å². The molecule has 20 heavy (non-hydrogen) atoms. The third-order valence-electron chi connectivity index (χ3n) is 3.31. The molecule has 0 aliphatic heterocycles. The fraction of sp³-hybridized carbons (Fsp3) is 0.312. The van der Waals surface area contributed by atoms with Crippen LogP contribution in [0.4, 0.5) is 0 Å². The van der Waals surface area contributed by atoms with Crippen LogP contribution in [0.5, 0.6) is 5.75 Å². The molecule has 0 amide bonds. The minimum absolute atomic E-state index is 0.691. The fourth-order valence-corrected chi connectivity index (χ4v) is 3.11. The summed E-state index contributed by atoms with van der Waals surface area (Å²) in [6.07, 6.45) is 3.11. The van der Waals surface area contributed by atoms with Crippen LogP contribution in [0.15, 0.2) is 35.8 Å². The maximum atomic E-state index is 5.68. The number of thiazole rings is 1. The zero-order chi connectivity index (χ0) is 13.9. The van der Waals surface area contributed by atoms with E-state index in [1.165, 1.54) is 15.9 Å². The molecule has 0 aliphatic rings. The first-order chi connectivity index (χ1) is 9.81. The van der Waals surface area contributed by atoms with E-state index in [0.29, 0.717) is 6.61 Å². The summed E-state index contributed by atoms with van der Waals surface area (Å²) >= 11 is 1.74. The average Bonchev–Trinajstić information content (AvgIpc) is 3.08. The molecule has 3 aromatic rings. The van der Waals surface area contributed by atoms with Gasteiger partial charge in [-0.25, -0.2) is 4.98 Å². The molecule has 0 unspecified atom stereocenters. The van der Waals surface area contributed by atoms with E-state index < -0.39 is 0 Å². The molecule has 0 N–H and O–H groups in total. The second kappa shape index (κ2) is 5.67. The number of fused-ring (bicyclic) bond motifs is 1. The summed E-state index contributed by atoms with van der Waals surface area (Å²) in [6.45, 7) is 5.66.